The molecule has 1 nitrogen and oxygen atoms in total. The number of nitrogens with zero attached hydrogens (tertiary/aromatic N) is 1. The molecule has 6 aromatic rings. The van der Waals surface area contributed by atoms with Gasteiger partial charge in [0.15, 0.2) is 0 Å². The minimum atomic E-state index is 0.915. The Balaban J connectivity index is 1.23. The molecule has 0 saturated carbocycles. The van der Waals surface area contributed by atoms with Crippen LogP contribution in [0.4, 0.5) is 17.1 Å². The number of aryl methyl sites for hydroxylation is 1. The van der Waals surface area contributed by atoms with Crippen LogP contribution in [0.5, 0.6) is 0 Å². The zero-order chi connectivity index (χ0) is 26.6. The van der Waals surface area contributed by atoms with Crippen LogP contribution in [0.1, 0.15) is 27.8 Å². The summed E-state index contributed by atoms with van der Waals surface area (Å²) in [4.78, 5) is 2.44. The number of hydrogen-bond donors (Lipinski definition) is 0. The maximum absolute atomic E-state index is 2.44. The van der Waals surface area contributed by atoms with Gasteiger partial charge in [0.2, 0.25) is 0 Å². The summed E-state index contributed by atoms with van der Waals surface area (Å²) in [7, 11) is 0. The van der Waals surface area contributed by atoms with Gasteiger partial charge in [-0.2, -0.15) is 0 Å². The molecule has 0 fully saturated rings. The molecule has 0 radical (unpaired) electrons. The molecular formula is C39H29N. The summed E-state index contributed by atoms with van der Waals surface area (Å²) in [5.74, 6) is 0. The Labute approximate surface area is 236 Å². The molecule has 0 atom stereocenters. The van der Waals surface area contributed by atoms with Crippen molar-refractivity contribution in [2.45, 2.75) is 19.8 Å². The molecule has 6 aromatic carbocycles. The monoisotopic (exact) mass is 511 g/mol. The van der Waals surface area contributed by atoms with Gasteiger partial charge in [0.25, 0.3) is 0 Å². The average Bonchev–Trinajstić information content (AvgIpc) is 3.38. The van der Waals surface area contributed by atoms with Gasteiger partial charge in [-0.15, -0.1) is 0 Å². The van der Waals surface area contributed by atoms with Crippen LogP contribution in [0, 0.1) is 6.92 Å². The van der Waals surface area contributed by atoms with E-state index in [9.17, 15) is 0 Å². The second-order valence-corrected chi connectivity index (χ2v) is 11.1. The van der Waals surface area contributed by atoms with Gasteiger partial charge in [0.1, 0.15) is 0 Å². The number of rotatable bonds is 3. The first-order valence-electron chi connectivity index (χ1n) is 14.1. The first kappa shape index (κ1) is 23.0. The Hall–Kier alpha value is -4.88. The van der Waals surface area contributed by atoms with Crippen molar-refractivity contribution in [3.05, 3.63) is 161 Å². The van der Waals surface area contributed by atoms with E-state index in [0.717, 1.165) is 12.8 Å². The molecule has 8 rings (SSSR count). The minimum Gasteiger partial charge on any atom is -0.310 e. The van der Waals surface area contributed by atoms with Crippen molar-refractivity contribution in [1.29, 1.82) is 0 Å². The predicted molar refractivity (Wildman–Crippen MR) is 168 cm³/mol. The highest BCUT2D eigenvalue weighted by atomic mass is 15.2. The van der Waals surface area contributed by atoms with E-state index in [1.54, 1.807) is 0 Å². The molecule has 190 valence electrons. The van der Waals surface area contributed by atoms with Gasteiger partial charge < -0.3 is 4.90 Å². The Bertz CT molecular complexity index is 1900. The molecule has 1 heteroatoms. The summed E-state index contributed by atoms with van der Waals surface area (Å²) in [6.45, 7) is 2.15. The van der Waals surface area contributed by atoms with Crippen molar-refractivity contribution >= 4 is 17.1 Å². The van der Waals surface area contributed by atoms with Crippen LogP contribution in [0.15, 0.2) is 133 Å². The number of anilines is 3. The van der Waals surface area contributed by atoms with Crippen molar-refractivity contribution in [1.82, 2.24) is 0 Å². The van der Waals surface area contributed by atoms with Crippen LogP contribution in [-0.2, 0) is 12.8 Å². The van der Waals surface area contributed by atoms with Gasteiger partial charge in [0, 0.05) is 23.5 Å². The summed E-state index contributed by atoms with van der Waals surface area (Å²) < 4.78 is 0. The summed E-state index contributed by atoms with van der Waals surface area (Å²) in [6.07, 6.45) is 1.93. The fourth-order valence-electron chi connectivity index (χ4n) is 6.51. The summed E-state index contributed by atoms with van der Waals surface area (Å²) in [6, 6.07) is 49.4. The third-order valence-corrected chi connectivity index (χ3v) is 8.55. The van der Waals surface area contributed by atoms with E-state index in [0.29, 0.717) is 0 Å². The minimum absolute atomic E-state index is 0.915. The largest absolute Gasteiger partial charge is 0.310 e. The summed E-state index contributed by atoms with van der Waals surface area (Å²) in [5, 5.41) is 0. The lowest BCUT2D eigenvalue weighted by atomic mass is 9.89. The van der Waals surface area contributed by atoms with Crippen molar-refractivity contribution in [2.24, 2.45) is 0 Å². The summed E-state index contributed by atoms with van der Waals surface area (Å²) >= 11 is 0. The van der Waals surface area contributed by atoms with Crippen LogP contribution < -0.4 is 4.90 Å². The van der Waals surface area contributed by atoms with Gasteiger partial charge >= 0.3 is 0 Å². The second kappa shape index (κ2) is 9.10. The molecule has 0 spiro atoms. The fourth-order valence-corrected chi connectivity index (χ4v) is 6.51. The van der Waals surface area contributed by atoms with Gasteiger partial charge in [-0.3, -0.25) is 0 Å². The van der Waals surface area contributed by atoms with Crippen LogP contribution in [0.2, 0.25) is 0 Å². The van der Waals surface area contributed by atoms with Crippen LogP contribution in [-0.4, -0.2) is 0 Å². The topological polar surface area (TPSA) is 3.24 Å². The van der Waals surface area contributed by atoms with Crippen molar-refractivity contribution in [2.75, 3.05) is 4.90 Å². The lowest BCUT2D eigenvalue weighted by molar-refractivity contribution is 1.09. The van der Waals surface area contributed by atoms with E-state index in [-0.39, 0.29) is 0 Å². The SMILES string of the molecule is Cc1ccc(N2c3ccc(-c4ccccc4)cc3Cc3cc(-c4ccc5c(c4)Cc4ccccc4-5)ccc32)cc1. The van der Waals surface area contributed by atoms with Gasteiger partial charge in [-0.25, -0.2) is 0 Å². The van der Waals surface area contributed by atoms with Gasteiger partial charge in [0.05, 0.1) is 0 Å². The molecule has 2 aliphatic rings. The predicted octanol–water partition coefficient (Wildman–Crippen LogP) is 10.3. The van der Waals surface area contributed by atoms with Crippen LogP contribution in [0.25, 0.3) is 33.4 Å². The second-order valence-electron chi connectivity index (χ2n) is 11.1. The first-order valence-corrected chi connectivity index (χ1v) is 14.1. The Morgan fingerprint density at radius 2 is 0.975 bits per heavy atom. The van der Waals surface area contributed by atoms with E-state index < -0.39 is 0 Å². The highest BCUT2D eigenvalue weighted by Gasteiger charge is 2.25. The van der Waals surface area contributed by atoms with E-state index >= 15 is 0 Å². The third kappa shape index (κ3) is 3.78. The smallest absolute Gasteiger partial charge is 0.0497 e. The molecule has 40 heavy (non-hydrogen) atoms. The fraction of sp³-hybridized carbons (Fsp3) is 0.0769. The Morgan fingerprint density at radius 1 is 0.425 bits per heavy atom. The normalized spacial score (nSPS) is 12.9. The lowest BCUT2D eigenvalue weighted by Crippen LogP contribution is -2.18. The highest BCUT2D eigenvalue weighted by molar-refractivity contribution is 5.87. The van der Waals surface area contributed by atoms with E-state index in [1.165, 1.54) is 78.3 Å². The zero-order valence-corrected chi connectivity index (χ0v) is 22.6. The summed E-state index contributed by atoms with van der Waals surface area (Å²) in [5.41, 5.74) is 18.4. The molecular weight excluding hydrogens is 482 g/mol. The molecule has 0 unspecified atom stereocenters. The van der Waals surface area contributed by atoms with E-state index in [4.69, 9.17) is 0 Å². The quantitative estimate of drug-likeness (QED) is 0.228. The van der Waals surface area contributed by atoms with Crippen LogP contribution >= 0.6 is 0 Å². The molecule has 1 aliphatic carbocycles. The Morgan fingerprint density at radius 3 is 1.70 bits per heavy atom. The van der Waals surface area contributed by atoms with Crippen molar-refractivity contribution in [3.63, 3.8) is 0 Å². The molecule has 1 heterocycles. The third-order valence-electron chi connectivity index (χ3n) is 8.55. The maximum Gasteiger partial charge on any atom is 0.0497 e. The molecule has 0 saturated heterocycles. The van der Waals surface area contributed by atoms with E-state index in [2.05, 4.69) is 145 Å². The molecule has 0 N–H and O–H groups in total. The zero-order valence-electron chi connectivity index (χ0n) is 22.6. The molecule has 1 aliphatic heterocycles. The van der Waals surface area contributed by atoms with Crippen molar-refractivity contribution < 1.29 is 0 Å². The number of hydrogen-bond acceptors (Lipinski definition) is 1. The van der Waals surface area contributed by atoms with E-state index in [1.807, 2.05) is 0 Å². The first-order chi connectivity index (χ1) is 19.7. The van der Waals surface area contributed by atoms with Crippen molar-refractivity contribution in [3.8, 4) is 33.4 Å². The molecule has 0 amide bonds. The average molecular weight is 512 g/mol. The van der Waals surface area contributed by atoms with Gasteiger partial charge in [-0.1, -0.05) is 103 Å². The lowest BCUT2D eigenvalue weighted by Gasteiger charge is -2.34. The van der Waals surface area contributed by atoms with Crippen LogP contribution in [0.3, 0.4) is 0 Å². The maximum atomic E-state index is 2.44. The molecule has 0 aromatic heterocycles. The number of fused-ring (bicyclic) bond motifs is 5. The standard InChI is InChI=1S/C39H29N/c1-26-11-16-35(17-12-26)40-38-19-14-28(27-7-3-2-4-8-27)22-33(38)25-34-23-30(15-20-39(34)40)29-13-18-37-32(21-29)24-31-9-5-6-10-36(31)37/h2-23H,24-25H2,1H3. The van der Waals surface area contributed by atoms with Gasteiger partial charge in [-0.05, 0) is 105 Å². The molecule has 0 bridgehead atoms. The Kier molecular flexibility index (Phi) is 5.24. The number of benzene rings is 6. The highest BCUT2D eigenvalue weighted by Crippen LogP contribution is 2.46.